The van der Waals surface area contributed by atoms with Crippen LogP contribution in [0, 0.1) is 5.92 Å². The number of carbonyl (C=O) groups excluding carboxylic acids is 1. The highest BCUT2D eigenvalue weighted by atomic mass is 16.5. The molecule has 1 saturated carbocycles. The van der Waals surface area contributed by atoms with Crippen LogP contribution >= 0.6 is 0 Å². The Morgan fingerprint density at radius 1 is 1.04 bits per heavy atom. The fraction of sp³-hybridized carbons (Fsp3) is 0.364. The van der Waals surface area contributed by atoms with E-state index in [0.717, 1.165) is 35.1 Å². The molecular formula is C22H23NO4. The third kappa shape index (κ3) is 2.92. The van der Waals surface area contributed by atoms with Crippen molar-refractivity contribution in [2.24, 2.45) is 11.7 Å². The second-order valence-corrected chi connectivity index (χ2v) is 7.50. The average Bonchev–Trinajstić information content (AvgIpc) is 3.00. The molecule has 27 heavy (non-hydrogen) atoms. The van der Waals surface area contributed by atoms with E-state index in [1.165, 1.54) is 0 Å². The lowest BCUT2D eigenvalue weighted by Crippen LogP contribution is -2.58. The maximum atomic E-state index is 12.7. The first-order chi connectivity index (χ1) is 13.0. The molecule has 2 aliphatic carbocycles. The number of hydrogen-bond acceptors (Lipinski definition) is 4. The molecule has 5 heteroatoms. The second kappa shape index (κ2) is 6.82. The SMILES string of the molecule is NC1(C(=O)O)CCCCC1C(=O)OCC1c2ccccc2-c2ccccc21. The molecule has 0 spiro atoms. The average molecular weight is 365 g/mol. The van der Waals surface area contributed by atoms with Gasteiger partial charge in [0.1, 0.15) is 12.1 Å². The Bertz CT molecular complexity index is 848. The van der Waals surface area contributed by atoms with Crippen LogP contribution in [0.15, 0.2) is 48.5 Å². The molecule has 0 bridgehead atoms. The molecule has 2 aromatic rings. The Morgan fingerprint density at radius 3 is 2.22 bits per heavy atom. The Kier molecular flexibility index (Phi) is 4.48. The molecule has 2 aromatic carbocycles. The summed E-state index contributed by atoms with van der Waals surface area (Å²) in [5.74, 6) is -2.46. The molecule has 0 heterocycles. The largest absolute Gasteiger partial charge is 0.480 e. The number of benzene rings is 2. The van der Waals surface area contributed by atoms with Crippen LogP contribution in [0.2, 0.25) is 0 Å². The highest BCUT2D eigenvalue weighted by Gasteiger charge is 2.48. The van der Waals surface area contributed by atoms with Crippen LogP contribution < -0.4 is 5.73 Å². The summed E-state index contributed by atoms with van der Waals surface area (Å²) in [6.07, 6.45) is 2.27. The molecule has 2 aliphatic rings. The monoisotopic (exact) mass is 365 g/mol. The maximum absolute atomic E-state index is 12.7. The normalized spacial score (nSPS) is 24.1. The van der Waals surface area contributed by atoms with Crippen LogP contribution in [0.3, 0.4) is 0 Å². The molecule has 3 N–H and O–H groups in total. The van der Waals surface area contributed by atoms with Gasteiger partial charge in [-0.2, -0.15) is 0 Å². The van der Waals surface area contributed by atoms with Crippen molar-refractivity contribution in [3.05, 3.63) is 59.7 Å². The lowest BCUT2D eigenvalue weighted by atomic mass is 9.73. The lowest BCUT2D eigenvalue weighted by molar-refractivity contribution is -0.161. The summed E-state index contributed by atoms with van der Waals surface area (Å²) in [4.78, 5) is 24.4. The summed E-state index contributed by atoms with van der Waals surface area (Å²) in [6, 6.07) is 16.2. The van der Waals surface area contributed by atoms with Gasteiger partial charge in [-0.1, -0.05) is 61.4 Å². The topological polar surface area (TPSA) is 89.6 Å². The van der Waals surface area contributed by atoms with E-state index in [4.69, 9.17) is 10.5 Å². The number of aliphatic carboxylic acids is 1. The number of esters is 1. The van der Waals surface area contributed by atoms with Gasteiger partial charge in [0.2, 0.25) is 0 Å². The number of hydrogen-bond donors (Lipinski definition) is 2. The van der Waals surface area contributed by atoms with Gasteiger partial charge in [0.15, 0.2) is 0 Å². The number of rotatable bonds is 4. The third-order valence-electron chi connectivity index (χ3n) is 5.99. The molecular weight excluding hydrogens is 342 g/mol. The Hall–Kier alpha value is -2.66. The van der Waals surface area contributed by atoms with Crippen molar-refractivity contribution >= 4 is 11.9 Å². The van der Waals surface area contributed by atoms with Crippen molar-refractivity contribution in [3.63, 3.8) is 0 Å². The smallest absolute Gasteiger partial charge is 0.324 e. The lowest BCUT2D eigenvalue weighted by Gasteiger charge is -2.36. The van der Waals surface area contributed by atoms with E-state index in [9.17, 15) is 14.7 Å². The summed E-state index contributed by atoms with van der Waals surface area (Å²) in [6.45, 7) is 0.194. The molecule has 0 aromatic heterocycles. The van der Waals surface area contributed by atoms with Crippen molar-refractivity contribution < 1.29 is 19.4 Å². The van der Waals surface area contributed by atoms with Gasteiger partial charge in [0, 0.05) is 5.92 Å². The number of carboxylic acids is 1. The maximum Gasteiger partial charge on any atom is 0.324 e. The van der Waals surface area contributed by atoms with E-state index in [-0.39, 0.29) is 12.5 Å². The van der Waals surface area contributed by atoms with Crippen LogP contribution in [0.1, 0.15) is 42.7 Å². The van der Waals surface area contributed by atoms with Gasteiger partial charge in [0.25, 0.3) is 0 Å². The molecule has 2 unspecified atom stereocenters. The zero-order chi connectivity index (χ0) is 19.0. The predicted octanol–water partition coefficient (Wildman–Crippen LogP) is 3.31. The minimum Gasteiger partial charge on any atom is -0.480 e. The van der Waals surface area contributed by atoms with Crippen LogP contribution in [0.25, 0.3) is 11.1 Å². The van der Waals surface area contributed by atoms with Crippen LogP contribution in [0.5, 0.6) is 0 Å². The van der Waals surface area contributed by atoms with Crippen molar-refractivity contribution in [1.29, 1.82) is 0 Å². The zero-order valence-electron chi connectivity index (χ0n) is 15.1. The summed E-state index contributed by atoms with van der Waals surface area (Å²) < 4.78 is 5.64. The van der Waals surface area contributed by atoms with Crippen molar-refractivity contribution in [2.75, 3.05) is 6.61 Å². The van der Waals surface area contributed by atoms with Crippen molar-refractivity contribution in [2.45, 2.75) is 37.1 Å². The molecule has 0 aliphatic heterocycles. The Labute approximate surface area is 158 Å². The quantitative estimate of drug-likeness (QED) is 0.812. The number of fused-ring (bicyclic) bond motifs is 3. The van der Waals surface area contributed by atoms with Gasteiger partial charge in [-0.05, 0) is 35.1 Å². The summed E-state index contributed by atoms with van der Waals surface area (Å²) in [7, 11) is 0. The molecule has 0 saturated heterocycles. The number of carbonyl (C=O) groups is 2. The molecule has 0 amide bonds. The van der Waals surface area contributed by atoms with Crippen LogP contribution in [-0.4, -0.2) is 29.2 Å². The standard InChI is InChI=1S/C22H23NO4/c23-22(21(25)26)12-6-5-11-19(22)20(24)27-13-18-16-9-3-1-7-14(16)15-8-2-4-10-17(15)18/h1-4,7-10,18-19H,5-6,11-13,23H2,(H,25,26). The summed E-state index contributed by atoms with van der Waals surface area (Å²) in [5.41, 5.74) is 9.14. The molecule has 5 nitrogen and oxygen atoms in total. The molecule has 4 rings (SSSR count). The zero-order valence-corrected chi connectivity index (χ0v) is 15.1. The van der Waals surface area contributed by atoms with Gasteiger partial charge in [-0.25, -0.2) is 0 Å². The van der Waals surface area contributed by atoms with Gasteiger partial charge >= 0.3 is 11.9 Å². The second-order valence-electron chi connectivity index (χ2n) is 7.50. The number of nitrogens with two attached hydrogens (primary N) is 1. The Balaban J connectivity index is 1.55. The summed E-state index contributed by atoms with van der Waals surface area (Å²) >= 11 is 0. The number of ether oxygens (including phenoxy) is 1. The highest BCUT2D eigenvalue weighted by Crippen LogP contribution is 2.44. The van der Waals surface area contributed by atoms with E-state index in [1.54, 1.807) is 0 Å². The molecule has 2 atom stereocenters. The van der Waals surface area contributed by atoms with Crippen molar-refractivity contribution in [3.8, 4) is 11.1 Å². The van der Waals surface area contributed by atoms with E-state index in [2.05, 4.69) is 24.3 Å². The molecule has 140 valence electrons. The van der Waals surface area contributed by atoms with Gasteiger partial charge in [-0.15, -0.1) is 0 Å². The van der Waals surface area contributed by atoms with Gasteiger partial charge in [0.05, 0.1) is 5.92 Å². The predicted molar refractivity (Wildman–Crippen MR) is 101 cm³/mol. The minimum atomic E-state index is -1.53. The van der Waals surface area contributed by atoms with E-state index >= 15 is 0 Å². The van der Waals surface area contributed by atoms with Gasteiger partial charge < -0.3 is 15.6 Å². The van der Waals surface area contributed by atoms with E-state index < -0.39 is 23.4 Å². The molecule has 1 fully saturated rings. The first-order valence-corrected chi connectivity index (χ1v) is 9.39. The summed E-state index contributed by atoms with van der Waals surface area (Å²) in [5, 5.41) is 9.52. The fourth-order valence-electron chi connectivity index (χ4n) is 4.49. The minimum absolute atomic E-state index is 0.0399. The first-order valence-electron chi connectivity index (χ1n) is 9.39. The molecule has 0 radical (unpaired) electrons. The highest BCUT2D eigenvalue weighted by molar-refractivity contribution is 5.88. The first kappa shape index (κ1) is 17.7. The third-order valence-corrected chi connectivity index (χ3v) is 5.99. The van der Waals surface area contributed by atoms with Crippen molar-refractivity contribution in [1.82, 2.24) is 0 Å². The van der Waals surface area contributed by atoms with E-state index in [0.29, 0.717) is 12.8 Å². The van der Waals surface area contributed by atoms with Gasteiger partial charge in [-0.3, -0.25) is 9.59 Å². The number of carboxylic acid groups (broad SMARTS) is 1. The Morgan fingerprint density at radius 2 is 1.63 bits per heavy atom. The van der Waals surface area contributed by atoms with Crippen LogP contribution in [-0.2, 0) is 14.3 Å². The fourth-order valence-corrected chi connectivity index (χ4v) is 4.49. The van der Waals surface area contributed by atoms with Crippen LogP contribution in [0.4, 0.5) is 0 Å². The van der Waals surface area contributed by atoms with E-state index in [1.807, 2.05) is 24.3 Å².